The predicted molar refractivity (Wildman–Crippen MR) is 79.8 cm³/mol. The van der Waals surface area contributed by atoms with E-state index in [1.165, 1.54) is 17.5 Å². The van der Waals surface area contributed by atoms with E-state index in [9.17, 15) is 0 Å². The van der Waals surface area contributed by atoms with E-state index >= 15 is 0 Å². The lowest BCUT2D eigenvalue weighted by Crippen LogP contribution is -2.20. The molecule has 0 radical (unpaired) electrons. The molecule has 0 saturated heterocycles. The zero-order valence-corrected chi connectivity index (χ0v) is 11.8. The second-order valence-electron chi connectivity index (χ2n) is 4.79. The lowest BCUT2D eigenvalue weighted by atomic mass is 10.0. The van der Waals surface area contributed by atoms with Gasteiger partial charge in [-0.3, -0.25) is 0 Å². The number of nitrogens with zero attached hydrogens (tertiary/aromatic N) is 1. The van der Waals surface area contributed by atoms with Crippen LogP contribution in [0.2, 0.25) is 0 Å². The summed E-state index contributed by atoms with van der Waals surface area (Å²) in [5.41, 5.74) is 2.91. The summed E-state index contributed by atoms with van der Waals surface area (Å²) in [6.45, 7) is 6.97. The van der Waals surface area contributed by atoms with Gasteiger partial charge in [-0.2, -0.15) is 0 Å². The fraction of sp³-hybridized carbons (Fsp3) is 0.500. The quantitative estimate of drug-likeness (QED) is 0.532. The van der Waals surface area contributed by atoms with E-state index in [0.29, 0.717) is 0 Å². The number of hydrogen-bond acceptors (Lipinski definition) is 2. The number of unbranched alkanes of at least 4 members (excludes halogenated alkanes) is 1. The van der Waals surface area contributed by atoms with E-state index in [0.717, 1.165) is 32.5 Å². The molecule has 1 rings (SSSR count). The van der Waals surface area contributed by atoms with Crippen LogP contribution < -0.4 is 5.32 Å². The standard InChI is InChI=1S/C16H26N2/c1-4-5-8-13-18(3)14-16-10-7-6-9-15(16)11-12-17-2/h4,6-7,9-10,17H,1,5,8,11-14H2,2-3H3. The van der Waals surface area contributed by atoms with E-state index in [-0.39, 0.29) is 0 Å². The highest BCUT2D eigenvalue weighted by Gasteiger charge is 2.04. The van der Waals surface area contributed by atoms with Crippen molar-refractivity contribution in [2.24, 2.45) is 0 Å². The van der Waals surface area contributed by atoms with Gasteiger partial charge in [0.25, 0.3) is 0 Å². The molecular weight excluding hydrogens is 220 g/mol. The van der Waals surface area contributed by atoms with Crippen molar-refractivity contribution in [2.45, 2.75) is 25.8 Å². The van der Waals surface area contributed by atoms with Crippen molar-refractivity contribution in [3.8, 4) is 0 Å². The number of rotatable bonds is 9. The maximum absolute atomic E-state index is 3.76. The van der Waals surface area contributed by atoms with Crippen molar-refractivity contribution in [1.29, 1.82) is 0 Å². The van der Waals surface area contributed by atoms with Crippen LogP contribution in [0.25, 0.3) is 0 Å². The topological polar surface area (TPSA) is 15.3 Å². The minimum absolute atomic E-state index is 1.04. The average Bonchev–Trinajstić information content (AvgIpc) is 2.38. The first-order valence-corrected chi connectivity index (χ1v) is 6.78. The molecule has 0 fully saturated rings. The van der Waals surface area contributed by atoms with Crippen molar-refractivity contribution in [3.05, 3.63) is 48.0 Å². The summed E-state index contributed by atoms with van der Waals surface area (Å²) in [7, 11) is 4.20. The fourth-order valence-corrected chi connectivity index (χ4v) is 2.09. The van der Waals surface area contributed by atoms with Crippen LogP contribution in [0.3, 0.4) is 0 Å². The third kappa shape index (κ3) is 5.48. The van der Waals surface area contributed by atoms with Crippen LogP contribution in [0, 0.1) is 0 Å². The van der Waals surface area contributed by atoms with E-state index in [2.05, 4.69) is 48.1 Å². The Morgan fingerprint density at radius 2 is 2.00 bits per heavy atom. The average molecular weight is 246 g/mol. The van der Waals surface area contributed by atoms with Gasteiger partial charge >= 0.3 is 0 Å². The van der Waals surface area contributed by atoms with Crippen LogP contribution >= 0.6 is 0 Å². The lowest BCUT2D eigenvalue weighted by Gasteiger charge is -2.18. The van der Waals surface area contributed by atoms with Gasteiger partial charge in [0.1, 0.15) is 0 Å². The molecule has 0 spiro atoms. The summed E-state index contributed by atoms with van der Waals surface area (Å²) in [4.78, 5) is 2.39. The minimum Gasteiger partial charge on any atom is -0.319 e. The van der Waals surface area contributed by atoms with Gasteiger partial charge in [0.05, 0.1) is 0 Å². The molecule has 0 aliphatic carbocycles. The van der Waals surface area contributed by atoms with Gasteiger partial charge in [0, 0.05) is 6.54 Å². The smallest absolute Gasteiger partial charge is 0.0233 e. The summed E-state index contributed by atoms with van der Waals surface area (Å²) >= 11 is 0. The molecule has 0 amide bonds. The maximum atomic E-state index is 3.76. The number of benzene rings is 1. The molecule has 0 aliphatic rings. The maximum Gasteiger partial charge on any atom is 0.0233 e. The Hall–Kier alpha value is -1.12. The van der Waals surface area contributed by atoms with Gasteiger partial charge in [-0.1, -0.05) is 30.3 Å². The summed E-state index contributed by atoms with van der Waals surface area (Å²) in [5.74, 6) is 0. The Labute approximate surface area is 112 Å². The Kier molecular flexibility index (Phi) is 7.38. The molecule has 0 bridgehead atoms. The summed E-state index contributed by atoms with van der Waals surface area (Å²) in [5, 5.41) is 3.21. The molecule has 100 valence electrons. The highest BCUT2D eigenvalue weighted by atomic mass is 15.1. The molecule has 0 saturated carbocycles. The Morgan fingerprint density at radius 3 is 2.67 bits per heavy atom. The van der Waals surface area contributed by atoms with E-state index < -0.39 is 0 Å². The van der Waals surface area contributed by atoms with Gasteiger partial charge in [-0.15, -0.1) is 6.58 Å². The first kappa shape index (κ1) is 14.9. The second-order valence-corrected chi connectivity index (χ2v) is 4.79. The molecule has 2 nitrogen and oxygen atoms in total. The lowest BCUT2D eigenvalue weighted by molar-refractivity contribution is 0.322. The van der Waals surface area contributed by atoms with E-state index in [4.69, 9.17) is 0 Å². The van der Waals surface area contributed by atoms with Gasteiger partial charge in [0.2, 0.25) is 0 Å². The van der Waals surface area contributed by atoms with Crippen LogP contribution in [-0.4, -0.2) is 32.1 Å². The zero-order valence-electron chi connectivity index (χ0n) is 11.8. The molecule has 0 atom stereocenters. The van der Waals surface area contributed by atoms with Gasteiger partial charge in [-0.25, -0.2) is 0 Å². The fourth-order valence-electron chi connectivity index (χ4n) is 2.09. The molecule has 0 aromatic heterocycles. The van der Waals surface area contributed by atoms with Crippen LogP contribution in [0.15, 0.2) is 36.9 Å². The predicted octanol–water partition coefficient (Wildman–Crippen LogP) is 2.85. The van der Waals surface area contributed by atoms with Crippen LogP contribution in [0.1, 0.15) is 24.0 Å². The van der Waals surface area contributed by atoms with E-state index in [1.54, 1.807) is 0 Å². The highest BCUT2D eigenvalue weighted by Crippen LogP contribution is 2.12. The molecule has 0 aliphatic heterocycles. The molecule has 18 heavy (non-hydrogen) atoms. The first-order chi connectivity index (χ1) is 8.77. The van der Waals surface area contributed by atoms with Crippen molar-refractivity contribution >= 4 is 0 Å². The molecule has 0 heterocycles. The Morgan fingerprint density at radius 1 is 1.28 bits per heavy atom. The van der Waals surface area contributed by atoms with Crippen LogP contribution in [0.5, 0.6) is 0 Å². The first-order valence-electron chi connectivity index (χ1n) is 6.78. The number of allylic oxidation sites excluding steroid dienone is 1. The Balaban J connectivity index is 2.51. The normalized spacial score (nSPS) is 10.8. The number of hydrogen-bond donors (Lipinski definition) is 1. The van der Waals surface area contributed by atoms with Crippen molar-refractivity contribution < 1.29 is 0 Å². The summed E-state index contributed by atoms with van der Waals surface area (Å²) in [6.07, 6.45) is 5.40. The third-order valence-corrected chi connectivity index (χ3v) is 3.15. The van der Waals surface area contributed by atoms with E-state index in [1.807, 2.05) is 13.1 Å². The molecule has 1 aromatic carbocycles. The minimum atomic E-state index is 1.04. The van der Waals surface area contributed by atoms with Crippen molar-refractivity contribution in [1.82, 2.24) is 10.2 Å². The van der Waals surface area contributed by atoms with Gasteiger partial charge in [0.15, 0.2) is 0 Å². The van der Waals surface area contributed by atoms with Gasteiger partial charge in [-0.05, 0) is 57.6 Å². The number of likely N-dealkylation sites (N-methyl/N-ethyl adjacent to an activating group) is 1. The van der Waals surface area contributed by atoms with Crippen LogP contribution in [0.4, 0.5) is 0 Å². The van der Waals surface area contributed by atoms with Crippen molar-refractivity contribution in [2.75, 3.05) is 27.2 Å². The van der Waals surface area contributed by atoms with Crippen molar-refractivity contribution in [3.63, 3.8) is 0 Å². The van der Waals surface area contributed by atoms with Crippen LogP contribution in [-0.2, 0) is 13.0 Å². The monoisotopic (exact) mass is 246 g/mol. The molecule has 0 unspecified atom stereocenters. The molecule has 2 heteroatoms. The SMILES string of the molecule is C=CCCCN(C)Cc1ccccc1CCNC. The Bertz CT molecular complexity index is 347. The second kappa shape index (κ2) is 8.90. The molecule has 1 N–H and O–H groups in total. The molecular formula is C16H26N2. The summed E-state index contributed by atoms with van der Waals surface area (Å²) in [6, 6.07) is 8.75. The highest BCUT2D eigenvalue weighted by molar-refractivity contribution is 5.27. The zero-order chi connectivity index (χ0) is 13.2. The van der Waals surface area contributed by atoms with Gasteiger partial charge < -0.3 is 10.2 Å². The summed E-state index contributed by atoms with van der Waals surface area (Å²) < 4.78 is 0. The largest absolute Gasteiger partial charge is 0.319 e. The molecule has 1 aromatic rings. The third-order valence-electron chi connectivity index (χ3n) is 3.15. The number of nitrogens with one attached hydrogen (secondary N) is 1.